The third-order valence-corrected chi connectivity index (χ3v) is 5.52. The van der Waals surface area contributed by atoms with Gasteiger partial charge >= 0.3 is 5.97 Å². The number of carboxylic acids is 1. The van der Waals surface area contributed by atoms with Crippen LogP contribution in [0.1, 0.15) is 44.2 Å². The zero-order valence-electron chi connectivity index (χ0n) is 18.6. The molecule has 0 bridgehead atoms. The Morgan fingerprint density at radius 2 is 1.53 bits per heavy atom. The van der Waals surface area contributed by atoms with E-state index in [1.807, 2.05) is 62.4 Å². The van der Waals surface area contributed by atoms with Gasteiger partial charge in [0.25, 0.3) is 5.91 Å². The van der Waals surface area contributed by atoms with Crippen LogP contribution in [0, 0.1) is 5.92 Å². The third kappa shape index (κ3) is 8.38. The Hall–Kier alpha value is -2.80. The van der Waals surface area contributed by atoms with Crippen molar-refractivity contribution in [3.63, 3.8) is 0 Å². The van der Waals surface area contributed by atoms with E-state index in [1.165, 1.54) is 0 Å². The molecule has 7 heteroatoms. The van der Waals surface area contributed by atoms with Gasteiger partial charge in [0.15, 0.2) is 4.87 Å². The Labute approximate surface area is 195 Å². The van der Waals surface area contributed by atoms with Crippen LogP contribution in [0.4, 0.5) is 0 Å². The number of nitrogens with one attached hydrogen (secondary N) is 2. The van der Waals surface area contributed by atoms with Crippen LogP contribution >= 0.6 is 12.6 Å². The average Bonchev–Trinajstić information content (AvgIpc) is 2.74. The summed E-state index contributed by atoms with van der Waals surface area (Å²) in [5.74, 6) is -1.99. The number of hydrogen-bond acceptors (Lipinski definition) is 4. The normalized spacial score (nSPS) is 13.8. The van der Waals surface area contributed by atoms with Crippen LogP contribution < -0.4 is 10.6 Å². The number of aliphatic carboxylic acids is 1. The molecular weight excluding hydrogens is 424 g/mol. The SMILES string of the molecule is CC(C)CC(S)(NC(=O)CCCc1ccccc1)C(=O)N[C@@H](Cc1ccccc1)C(=O)O. The molecule has 2 aromatic carbocycles. The minimum absolute atomic E-state index is 0.0558. The first-order chi connectivity index (χ1) is 15.2. The molecular formula is C25H32N2O4S. The quantitative estimate of drug-likeness (QED) is 0.290. The summed E-state index contributed by atoms with van der Waals surface area (Å²) in [6.07, 6.45) is 2.04. The van der Waals surface area contributed by atoms with Gasteiger partial charge in [0.1, 0.15) is 6.04 Å². The van der Waals surface area contributed by atoms with Crippen molar-refractivity contribution < 1.29 is 19.5 Å². The number of carboxylic acid groups (broad SMARTS) is 1. The van der Waals surface area contributed by atoms with Crippen molar-refractivity contribution in [3.05, 3.63) is 71.8 Å². The summed E-state index contributed by atoms with van der Waals surface area (Å²) >= 11 is 4.52. The lowest BCUT2D eigenvalue weighted by molar-refractivity contribution is -0.142. The topological polar surface area (TPSA) is 95.5 Å². The van der Waals surface area contributed by atoms with E-state index >= 15 is 0 Å². The van der Waals surface area contributed by atoms with Gasteiger partial charge in [-0.05, 0) is 36.3 Å². The molecule has 0 aliphatic heterocycles. The highest BCUT2D eigenvalue weighted by Gasteiger charge is 2.38. The van der Waals surface area contributed by atoms with Gasteiger partial charge in [0, 0.05) is 12.8 Å². The molecule has 172 valence electrons. The van der Waals surface area contributed by atoms with Crippen LogP contribution in [0.3, 0.4) is 0 Å². The van der Waals surface area contributed by atoms with Gasteiger partial charge in [-0.25, -0.2) is 4.79 Å². The maximum atomic E-state index is 13.1. The fourth-order valence-corrected chi connectivity index (χ4v) is 4.06. The van der Waals surface area contributed by atoms with Gasteiger partial charge < -0.3 is 15.7 Å². The van der Waals surface area contributed by atoms with Crippen LogP contribution in [0.5, 0.6) is 0 Å². The zero-order valence-corrected chi connectivity index (χ0v) is 19.5. The minimum atomic E-state index is -1.50. The lowest BCUT2D eigenvalue weighted by Gasteiger charge is -2.31. The van der Waals surface area contributed by atoms with Crippen LogP contribution in [0.2, 0.25) is 0 Å². The van der Waals surface area contributed by atoms with Gasteiger partial charge in [-0.2, -0.15) is 0 Å². The number of carbonyl (C=O) groups excluding carboxylic acids is 2. The highest BCUT2D eigenvalue weighted by molar-refractivity contribution is 7.82. The van der Waals surface area contributed by atoms with Gasteiger partial charge in [0.2, 0.25) is 5.91 Å². The van der Waals surface area contributed by atoms with Crippen LogP contribution in [0.25, 0.3) is 0 Å². The van der Waals surface area contributed by atoms with Crippen molar-refractivity contribution in [1.82, 2.24) is 10.6 Å². The number of hydrogen-bond donors (Lipinski definition) is 4. The van der Waals surface area contributed by atoms with E-state index < -0.39 is 22.8 Å². The average molecular weight is 457 g/mol. The van der Waals surface area contributed by atoms with Crippen LogP contribution in [-0.2, 0) is 27.2 Å². The molecule has 0 saturated carbocycles. The summed E-state index contributed by atoms with van der Waals surface area (Å²) in [5.41, 5.74) is 1.93. The molecule has 2 aromatic rings. The Morgan fingerprint density at radius 3 is 2.06 bits per heavy atom. The number of aryl methyl sites for hydroxylation is 1. The fourth-order valence-electron chi connectivity index (χ4n) is 3.51. The van der Waals surface area contributed by atoms with Gasteiger partial charge in [0.05, 0.1) is 0 Å². The van der Waals surface area contributed by atoms with E-state index in [4.69, 9.17) is 0 Å². The van der Waals surface area contributed by atoms with Gasteiger partial charge in [-0.3, -0.25) is 9.59 Å². The van der Waals surface area contributed by atoms with E-state index in [0.29, 0.717) is 6.42 Å². The van der Waals surface area contributed by atoms with Crippen molar-refractivity contribution in [2.24, 2.45) is 5.92 Å². The molecule has 0 saturated heterocycles. The number of thiol groups is 1. The fraction of sp³-hybridized carbons (Fsp3) is 0.400. The zero-order chi connectivity index (χ0) is 23.6. The molecule has 0 aliphatic carbocycles. The molecule has 32 heavy (non-hydrogen) atoms. The van der Waals surface area contributed by atoms with Crippen molar-refractivity contribution >= 4 is 30.4 Å². The summed E-state index contributed by atoms with van der Waals surface area (Å²) in [7, 11) is 0. The largest absolute Gasteiger partial charge is 0.480 e. The van der Waals surface area contributed by atoms with Crippen LogP contribution in [-0.4, -0.2) is 33.8 Å². The minimum Gasteiger partial charge on any atom is -0.480 e. The third-order valence-electron chi connectivity index (χ3n) is 5.02. The number of benzene rings is 2. The summed E-state index contributed by atoms with van der Waals surface area (Å²) in [6.45, 7) is 3.83. The van der Waals surface area contributed by atoms with Gasteiger partial charge in [-0.1, -0.05) is 74.5 Å². The Bertz CT molecular complexity index is 889. The molecule has 0 radical (unpaired) electrons. The second kappa shape index (κ2) is 12.3. The summed E-state index contributed by atoms with van der Waals surface area (Å²) < 4.78 is 0. The Kier molecular flexibility index (Phi) is 9.78. The molecule has 0 fully saturated rings. The monoisotopic (exact) mass is 456 g/mol. The Morgan fingerprint density at radius 1 is 0.969 bits per heavy atom. The van der Waals surface area contributed by atoms with Crippen molar-refractivity contribution in [2.45, 2.75) is 56.9 Å². The Balaban J connectivity index is 2.02. The van der Waals surface area contributed by atoms with E-state index in [2.05, 4.69) is 23.3 Å². The highest BCUT2D eigenvalue weighted by atomic mass is 32.1. The molecule has 0 spiro atoms. The predicted molar refractivity (Wildman–Crippen MR) is 128 cm³/mol. The first-order valence-corrected chi connectivity index (χ1v) is 11.3. The van der Waals surface area contributed by atoms with E-state index in [0.717, 1.165) is 17.5 Å². The maximum Gasteiger partial charge on any atom is 0.326 e. The molecule has 3 N–H and O–H groups in total. The number of carbonyl (C=O) groups is 3. The summed E-state index contributed by atoms with van der Waals surface area (Å²) in [5, 5.41) is 14.9. The second-order valence-corrected chi connectivity index (χ2v) is 9.16. The highest BCUT2D eigenvalue weighted by Crippen LogP contribution is 2.23. The smallest absolute Gasteiger partial charge is 0.326 e. The second-order valence-electron chi connectivity index (χ2n) is 8.40. The summed E-state index contributed by atoms with van der Waals surface area (Å²) in [4.78, 5) is 35.9. The lowest BCUT2D eigenvalue weighted by Crippen LogP contribution is -2.59. The molecule has 0 aromatic heterocycles. The van der Waals surface area contributed by atoms with E-state index in [1.54, 1.807) is 12.1 Å². The van der Waals surface area contributed by atoms with E-state index in [-0.39, 0.29) is 31.1 Å². The first-order valence-electron chi connectivity index (χ1n) is 10.8. The summed E-state index contributed by atoms with van der Waals surface area (Å²) in [6, 6.07) is 17.8. The molecule has 0 heterocycles. The molecule has 2 rings (SSSR count). The molecule has 2 atom stereocenters. The van der Waals surface area contributed by atoms with Crippen molar-refractivity contribution in [1.29, 1.82) is 0 Å². The van der Waals surface area contributed by atoms with Gasteiger partial charge in [-0.15, -0.1) is 12.6 Å². The predicted octanol–water partition coefficient (Wildman–Crippen LogP) is 3.61. The number of rotatable bonds is 12. The lowest BCUT2D eigenvalue weighted by atomic mass is 10.00. The van der Waals surface area contributed by atoms with E-state index in [9.17, 15) is 19.5 Å². The first kappa shape index (κ1) is 25.5. The van der Waals surface area contributed by atoms with Crippen molar-refractivity contribution in [2.75, 3.05) is 0 Å². The molecule has 0 aliphatic rings. The standard InChI is InChI=1S/C25H32N2O4S/c1-18(2)17-25(32,27-22(28)15-9-14-19-10-5-3-6-11-19)24(31)26-21(23(29)30)16-20-12-7-4-8-13-20/h3-8,10-13,18,21,32H,9,14-17H2,1-2H3,(H,26,31)(H,27,28)(H,29,30)/t21-,25?/m0/s1. The van der Waals surface area contributed by atoms with Crippen molar-refractivity contribution in [3.8, 4) is 0 Å². The maximum absolute atomic E-state index is 13.1. The molecule has 6 nitrogen and oxygen atoms in total. The molecule has 1 unspecified atom stereocenters. The number of amides is 2. The van der Waals surface area contributed by atoms with Crippen LogP contribution in [0.15, 0.2) is 60.7 Å². The molecule has 2 amide bonds.